The Hall–Kier alpha value is -0.990. The first-order valence-electron chi connectivity index (χ1n) is 5.22. The number of phenolic OH excluding ortho intramolecular Hbond substituents is 1. The molecule has 1 heterocycles. The highest BCUT2D eigenvalue weighted by molar-refractivity contribution is 7.13. The maximum atomic E-state index is 9.21. The Bertz CT molecular complexity index is 447. The van der Waals surface area contributed by atoms with Crippen LogP contribution in [-0.4, -0.2) is 11.0 Å². The van der Waals surface area contributed by atoms with Gasteiger partial charge in [0.25, 0.3) is 0 Å². The van der Waals surface area contributed by atoms with Gasteiger partial charge in [-0.15, -0.1) is 22.9 Å². The van der Waals surface area contributed by atoms with Crippen molar-refractivity contribution in [3.05, 3.63) is 41.3 Å². The van der Waals surface area contributed by atoms with Crippen molar-refractivity contribution in [2.24, 2.45) is 0 Å². The highest BCUT2D eigenvalue weighted by Gasteiger charge is 2.02. The van der Waals surface area contributed by atoms with Gasteiger partial charge < -0.3 is 5.11 Å². The normalized spacial score (nSPS) is 10.6. The molecule has 2 aromatic rings. The number of thiophene rings is 1. The number of aryl methyl sites for hydroxylation is 1. The molecule has 0 aliphatic heterocycles. The number of hydrogen-bond acceptors (Lipinski definition) is 2. The second-order valence-electron chi connectivity index (χ2n) is 3.66. The fourth-order valence-electron chi connectivity index (χ4n) is 1.55. The van der Waals surface area contributed by atoms with Crippen LogP contribution in [0.25, 0.3) is 10.4 Å². The molecule has 1 nitrogen and oxygen atoms in total. The van der Waals surface area contributed by atoms with Crippen LogP contribution in [0.4, 0.5) is 0 Å². The molecule has 1 aromatic heterocycles. The second-order valence-corrected chi connectivity index (χ2v) is 4.95. The summed E-state index contributed by atoms with van der Waals surface area (Å²) in [6.07, 6.45) is 2.06. The fourth-order valence-corrected chi connectivity index (χ4v) is 2.64. The van der Waals surface area contributed by atoms with Crippen LogP contribution in [0.15, 0.2) is 35.7 Å². The van der Waals surface area contributed by atoms with E-state index in [0.717, 1.165) is 18.4 Å². The first-order valence-corrected chi connectivity index (χ1v) is 6.64. The summed E-state index contributed by atoms with van der Waals surface area (Å²) in [6, 6.07) is 9.50. The lowest BCUT2D eigenvalue weighted by atomic mass is 10.1. The van der Waals surface area contributed by atoms with Crippen molar-refractivity contribution >= 4 is 22.9 Å². The lowest BCUT2D eigenvalue weighted by Crippen LogP contribution is -1.81. The monoisotopic (exact) mass is 252 g/mol. The van der Waals surface area contributed by atoms with Crippen molar-refractivity contribution in [2.45, 2.75) is 12.8 Å². The number of rotatable bonds is 4. The van der Waals surface area contributed by atoms with Crippen LogP contribution >= 0.6 is 22.9 Å². The van der Waals surface area contributed by atoms with Gasteiger partial charge in [-0.05, 0) is 59.7 Å². The van der Waals surface area contributed by atoms with Gasteiger partial charge in [0.2, 0.25) is 0 Å². The Morgan fingerprint density at radius 1 is 1.19 bits per heavy atom. The second kappa shape index (κ2) is 5.37. The van der Waals surface area contributed by atoms with Crippen LogP contribution in [0, 0.1) is 0 Å². The Morgan fingerprint density at radius 2 is 1.94 bits per heavy atom. The van der Waals surface area contributed by atoms with Crippen molar-refractivity contribution in [3.63, 3.8) is 0 Å². The summed E-state index contributed by atoms with van der Waals surface area (Å²) in [5, 5.41) is 11.4. The van der Waals surface area contributed by atoms with Crippen LogP contribution < -0.4 is 0 Å². The molecule has 0 amide bonds. The zero-order valence-electron chi connectivity index (χ0n) is 8.82. The summed E-state index contributed by atoms with van der Waals surface area (Å²) in [6.45, 7) is 0. The van der Waals surface area contributed by atoms with Crippen molar-refractivity contribution in [3.8, 4) is 16.2 Å². The Kier molecular flexibility index (Phi) is 3.86. The van der Waals surface area contributed by atoms with Crippen LogP contribution in [-0.2, 0) is 6.42 Å². The predicted molar refractivity (Wildman–Crippen MR) is 70.5 cm³/mol. The number of halogens is 1. The summed E-state index contributed by atoms with van der Waals surface area (Å²) in [5.74, 6) is 1.02. The number of hydrogen-bond donors (Lipinski definition) is 1. The lowest BCUT2D eigenvalue weighted by Gasteiger charge is -1.97. The standard InChI is InChI=1S/C13H13ClOS/c14-7-1-2-10-8-13(16-9-10)11-3-5-12(15)6-4-11/h3-6,8-9,15H,1-2,7H2. The third kappa shape index (κ3) is 2.77. The quantitative estimate of drug-likeness (QED) is 0.805. The molecule has 1 aromatic carbocycles. The molecule has 16 heavy (non-hydrogen) atoms. The molecule has 1 N–H and O–H groups in total. The molecular formula is C13H13ClOS. The zero-order chi connectivity index (χ0) is 11.4. The molecule has 0 saturated carbocycles. The highest BCUT2D eigenvalue weighted by Crippen LogP contribution is 2.28. The van der Waals surface area contributed by atoms with E-state index in [1.165, 1.54) is 10.4 Å². The van der Waals surface area contributed by atoms with E-state index in [-0.39, 0.29) is 0 Å². The molecule has 0 unspecified atom stereocenters. The summed E-state index contributed by atoms with van der Waals surface area (Å²) < 4.78 is 0. The first-order chi connectivity index (χ1) is 7.79. The molecule has 2 rings (SSSR count). The van der Waals surface area contributed by atoms with Gasteiger partial charge in [0.1, 0.15) is 5.75 Å². The van der Waals surface area contributed by atoms with Gasteiger partial charge in [-0.3, -0.25) is 0 Å². The van der Waals surface area contributed by atoms with Crippen molar-refractivity contribution < 1.29 is 5.11 Å². The van der Waals surface area contributed by atoms with E-state index in [1.54, 1.807) is 23.5 Å². The maximum absolute atomic E-state index is 9.21. The van der Waals surface area contributed by atoms with Gasteiger partial charge >= 0.3 is 0 Å². The van der Waals surface area contributed by atoms with Crippen molar-refractivity contribution in [1.82, 2.24) is 0 Å². The SMILES string of the molecule is Oc1ccc(-c2cc(CCCCl)cs2)cc1. The third-order valence-electron chi connectivity index (χ3n) is 2.40. The minimum absolute atomic E-state index is 0.308. The van der Waals surface area contributed by atoms with E-state index >= 15 is 0 Å². The minimum atomic E-state index is 0.308. The molecule has 0 radical (unpaired) electrons. The van der Waals surface area contributed by atoms with Crippen LogP contribution in [0.3, 0.4) is 0 Å². The Labute approximate surface area is 104 Å². The highest BCUT2D eigenvalue weighted by atomic mass is 35.5. The molecule has 0 bridgehead atoms. The third-order valence-corrected chi connectivity index (χ3v) is 3.70. The van der Waals surface area contributed by atoms with Crippen molar-refractivity contribution in [2.75, 3.05) is 5.88 Å². The Morgan fingerprint density at radius 3 is 2.62 bits per heavy atom. The molecule has 0 fully saturated rings. The van der Waals surface area contributed by atoms with Gasteiger partial charge in [0.15, 0.2) is 0 Å². The Balaban J connectivity index is 2.15. The molecule has 0 aliphatic carbocycles. The van der Waals surface area contributed by atoms with Gasteiger partial charge in [-0.2, -0.15) is 0 Å². The van der Waals surface area contributed by atoms with Crippen LogP contribution in [0.5, 0.6) is 5.75 Å². The molecule has 3 heteroatoms. The molecule has 0 atom stereocenters. The number of aromatic hydroxyl groups is 1. The maximum Gasteiger partial charge on any atom is 0.115 e. The van der Waals surface area contributed by atoms with Crippen molar-refractivity contribution in [1.29, 1.82) is 0 Å². The summed E-state index contributed by atoms with van der Waals surface area (Å²) in [4.78, 5) is 1.24. The fraction of sp³-hybridized carbons (Fsp3) is 0.231. The van der Waals surface area contributed by atoms with Gasteiger partial charge in [0.05, 0.1) is 0 Å². The summed E-state index contributed by atoms with van der Waals surface area (Å²) >= 11 is 7.40. The van der Waals surface area contributed by atoms with Crippen LogP contribution in [0.1, 0.15) is 12.0 Å². The zero-order valence-corrected chi connectivity index (χ0v) is 10.4. The van der Waals surface area contributed by atoms with Gasteiger partial charge in [-0.25, -0.2) is 0 Å². The summed E-state index contributed by atoms with van der Waals surface area (Å²) in [5.41, 5.74) is 2.49. The molecular weight excluding hydrogens is 240 g/mol. The molecule has 0 saturated heterocycles. The average molecular weight is 253 g/mol. The molecule has 84 valence electrons. The number of benzene rings is 1. The van der Waals surface area contributed by atoms with E-state index in [1.807, 2.05) is 12.1 Å². The minimum Gasteiger partial charge on any atom is -0.508 e. The van der Waals surface area contributed by atoms with Gasteiger partial charge in [0, 0.05) is 10.8 Å². The molecule has 0 aliphatic rings. The summed E-state index contributed by atoms with van der Waals surface area (Å²) in [7, 11) is 0. The largest absolute Gasteiger partial charge is 0.508 e. The first kappa shape index (κ1) is 11.5. The average Bonchev–Trinajstić information content (AvgIpc) is 2.76. The molecule has 0 spiro atoms. The van der Waals surface area contributed by atoms with E-state index in [9.17, 15) is 5.11 Å². The predicted octanol–water partition coefficient (Wildman–Crippen LogP) is 4.29. The smallest absolute Gasteiger partial charge is 0.115 e. The van der Waals surface area contributed by atoms with Crippen LogP contribution in [0.2, 0.25) is 0 Å². The van der Waals surface area contributed by atoms with E-state index in [0.29, 0.717) is 11.6 Å². The van der Waals surface area contributed by atoms with E-state index < -0.39 is 0 Å². The van der Waals surface area contributed by atoms with E-state index in [4.69, 9.17) is 11.6 Å². The lowest BCUT2D eigenvalue weighted by molar-refractivity contribution is 0.475. The van der Waals surface area contributed by atoms with Gasteiger partial charge in [-0.1, -0.05) is 0 Å². The topological polar surface area (TPSA) is 20.2 Å². The number of phenols is 1. The van der Waals surface area contributed by atoms with E-state index in [2.05, 4.69) is 11.4 Å². The number of alkyl halides is 1.